The van der Waals surface area contributed by atoms with Gasteiger partial charge in [-0.3, -0.25) is 0 Å². The van der Waals surface area contributed by atoms with Crippen molar-refractivity contribution < 1.29 is 17.9 Å². The maximum absolute atomic E-state index is 12.2. The number of sulfone groups is 1. The van der Waals surface area contributed by atoms with Gasteiger partial charge in [-0.05, 0) is 31.3 Å². The second-order valence-corrected chi connectivity index (χ2v) is 7.54. The molecule has 0 unspecified atom stereocenters. The van der Waals surface area contributed by atoms with E-state index in [1.807, 2.05) is 36.2 Å². The Hall–Kier alpha value is -2.05. The molecular formula is C18H23NO4S. The third kappa shape index (κ3) is 5.25. The molecule has 24 heavy (non-hydrogen) atoms. The van der Waals surface area contributed by atoms with Crippen molar-refractivity contribution in [1.82, 2.24) is 4.90 Å². The second kappa shape index (κ2) is 8.70. The van der Waals surface area contributed by atoms with Crippen molar-refractivity contribution >= 4 is 9.84 Å². The molecular weight excluding hydrogens is 326 g/mol. The third-order valence-electron chi connectivity index (χ3n) is 3.64. The van der Waals surface area contributed by atoms with Gasteiger partial charge < -0.3 is 14.4 Å². The van der Waals surface area contributed by atoms with Crippen LogP contribution in [0, 0.1) is 0 Å². The Kier molecular flexibility index (Phi) is 6.63. The number of rotatable bonds is 9. The van der Waals surface area contributed by atoms with Crippen LogP contribution in [0.1, 0.15) is 0 Å². The van der Waals surface area contributed by atoms with Crippen LogP contribution in [-0.4, -0.2) is 52.9 Å². The summed E-state index contributed by atoms with van der Waals surface area (Å²) in [6.45, 7) is 1.54. The lowest BCUT2D eigenvalue weighted by atomic mass is 10.3. The van der Waals surface area contributed by atoms with E-state index < -0.39 is 9.84 Å². The number of benzene rings is 2. The van der Waals surface area contributed by atoms with Gasteiger partial charge >= 0.3 is 0 Å². The summed E-state index contributed by atoms with van der Waals surface area (Å²) in [6.07, 6.45) is 0. The Balaban J connectivity index is 1.78. The molecule has 2 rings (SSSR count). The highest BCUT2D eigenvalue weighted by atomic mass is 32.2. The van der Waals surface area contributed by atoms with Crippen LogP contribution < -0.4 is 9.47 Å². The van der Waals surface area contributed by atoms with Crippen LogP contribution in [0.4, 0.5) is 0 Å². The maximum Gasteiger partial charge on any atom is 0.179 e. The van der Waals surface area contributed by atoms with Gasteiger partial charge in [-0.25, -0.2) is 8.42 Å². The van der Waals surface area contributed by atoms with E-state index in [4.69, 9.17) is 9.47 Å². The van der Waals surface area contributed by atoms with Gasteiger partial charge in [0.05, 0.1) is 17.8 Å². The van der Waals surface area contributed by atoms with Crippen molar-refractivity contribution in [3.05, 3.63) is 54.6 Å². The van der Waals surface area contributed by atoms with Crippen LogP contribution in [0.2, 0.25) is 0 Å². The van der Waals surface area contributed by atoms with Crippen LogP contribution in [-0.2, 0) is 9.84 Å². The first-order valence-corrected chi connectivity index (χ1v) is 9.40. The fourth-order valence-electron chi connectivity index (χ4n) is 2.18. The molecule has 0 aliphatic carbocycles. The average molecular weight is 349 g/mol. The fourth-order valence-corrected chi connectivity index (χ4v) is 3.54. The van der Waals surface area contributed by atoms with Gasteiger partial charge in [0, 0.05) is 13.1 Å². The first-order valence-electron chi connectivity index (χ1n) is 7.75. The summed E-state index contributed by atoms with van der Waals surface area (Å²) in [7, 11) is 0.235. The summed E-state index contributed by atoms with van der Waals surface area (Å²) in [5, 5.41) is 0. The number of nitrogens with zero attached hydrogens (tertiary/aromatic N) is 1. The summed E-state index contributed by atoms with van der Waals surface area (Å²) in [5.41, 5.74) is 0. The number of methoxy groups -OCH3 is 1. The number of para-hydroxylation sites is 2. The van der Waals surface area contributed by atoms with Gasteiger partial charge in [-0.1, -0.05) is 30.3 Å². The summed E-state index contributed by atoms with van der Waals surface area (Å²) < 4.78 is 35.4. The Morgan fingerprint density at radius 1 is 0.917 bits per heavy atom. The average Bonchev–Trinajstić information content (AvgIpc) is 2.61. The van der Waals surface area contributed by atoms with Crippen LogP contribution in [0.15, 0.2) is 59.5 Å². The number of likely N-dealkylation sites (N-methyl/N-ethyl adjacent to an activating group) is 1. The van der Waals surface area contributed by atoms with E-state index in [1.165, 1.54) is 0 Å². The Morgan fingerprint density at radius 3 is 2.21 bits per heavy atom. The zero-order chi connectivity index (χ0) is 17.4. The van der Waals surface area contributed by atoms with E-state index in [0.29, 0.717) is 36.1 Å². The molecule has 0 amide bonds. The maximum atomic E-state index is 12.2. The molecule has 130 valence electrons. The molecule has 6 heteroatoms. The molecule has 0 aliphatic heterocycles. The van der Waals surface area contributed by atoms with Gasteiger partial charge in [0.15, 0.2) is 21.3 Å². The smallest absolute Gasteiger partial charge is 0.179 e. The summed E-state index contributed by atoms with van der Waals surface area (Å²) in [4.78, 5) is 2.30. The molecule has 0 bridgehead atoms. The minimum atomic E-state index is -3.25. The molecule has 0 spiro atoms. The standard InChI is InChI=1S/C18H23NO4S/c1-19(12-14-23-18-11-7-6-10-17(18)22-2)13-15-24(20,21)16-8-4-3-5-9-16/h3-11H,12-15H2,1-2H3. The van der Waals surface area contributed by atoms with Crippen molar-refractivity contribution in [3.63, 3.8) is 0 Å². The van der Waals surface area contributed by atoms with E-state index in [1.54, 1.807) is 37.4 Å². The van der Waals surface area contributed by atoms with E-state index in [-0.39, 0.29) is 5.75 Å². The lowest BCUT2D eigenvalue weighted by molar-refractivity contribution is 0.236. The molecule has 2 aromatic rings. The molecule has 2 aromatic carbocycles. The highest BCUT2D eigenvalue weighted by Crippen LogP contribution is 2.25. The zero-order valence-electron chi connectivity index (χ0n) is 14.0. The molecule has 0 fully saturated rings. The molecule has 0 aromatic heterocycles. The van der Waals surface area contributed by atoms with E-state index in [0.717, 1.165) is 0 Å². The summed E-state index contributed by atoms with van der Waals surface area (Å²) in [5.74, 6) is 1.46. The topological polar surface area (TPSA) is 55.8 Å². The Morgan fingerprint density at radius 2 is 1.54 bits per heavy atom. The quantitative estimate of drug-likeness (QED) is 0.696. The van der Waals surface area contributed by atoms with Gasteiger partial charge in [-0.2, -0.15) is 0 Å². The molecule has 0 saturated heterocycles. The number of ether oxygens (including phenoxy) is 2. The predicted molar refractivity (Wildman–Crippen MR) is 94.5 cm³/mol. The highest BCUT2D eigenvalue weighted by molar-refractivity contribution is 7.91. The Bertz CT molecular complexity index is 732. The molecule has 0 atom stereocenters. The summed E-state index contributed by atoms with van der Waals surface area (Å²) in [6, 6.07) is 16.0. The monoisotopic (exact) mass is 349 g/mol. The molecule has 5 nitrogen and oxygen atoms in total. The fraction of sp³-hybridized carbons (Fsp3) is 0.333. The third-order valence-corrected chi connectivity index (χ3v) is 5.35. The van der Waals surface area contributed by atoms with Crippen LogP contribution in [0.25, 0.3) is 0 Å². The Labute approximate surface area is 143 Å². The first kappa shape index (κ1) is 18.3. The lowest BCUT2D eigenvalue weighted by Gasteiger charge is -2.17. The van der Waals surface area contributed by atoms with Gasteiger partial charge in [0.25, 0.3) is 0 Å². The van der Waals surface area contributed by atoms with Crippen LogP contribution >= 0.6 is 0 Å². The minimum absolute atomic E-state index is 0.0855. The van der Waals surface area contributed by atoms with Crippen molar-refractivity contribution in [1.29, 1.82) is 0 Å². The van der Waals surface area contributed by atoms with Gasteiger partial charge in [0.2, 0.25) is 0 Å². The molecule has 0 heterocycles. The summed E-state index contributed by atoms with van der Waals surface area (Å²) >= 11 is 0. The van der Waals surface area contributed by atoms with E-state index >= 15 is 0 Å². The van der Waals surface area contributed by atoms with Crippen molar-refractivity contribution in [2.45, 2.75) is 4.90 Å². The van der Waals surface area contributed by atoms with Gasteiger partial charge in [0.1, 0.15) is 6.61 Å². The van der Waals surface area contributed by atoms with Crippen molar-refractivity contribution in [3.8, 4) is 11.5 Å². The minimum Gasteiger partial charge on any atom is -0.493 e. The highest BCUT2D eigenvalue weighted by Gasteiger charge is 2.14. The van der Waals surface area contributed by atoms with Crippen LogP contribution in [0.5, 0.6) is 11.5 Å². The van der Waals surface area contributed by atoms with E-state index in [9.17, 15) is 8.42 Å². The molecule has 0 aliphatic rings. The largest absolute Gasteiger partial charge is 0.493 e. The lowest BCUT2D eigenvalue weighted by Crippen LogP contribution is -2.29. The van der Waals surface area contributed by atoms with E-state index in [2.05, 4.69) is 0 Å². The molecule has 0 radical (unpaired) electrons. The SMILES string of the molecule is COc1ccccc1OCCN(C)CCS(=O)(=O)c1ccccc1. The normalized spacial score (nSPS) is 11.5. The second-order valence-electron chi connectivity index (χ2n) is 5.43. The first-order chi connectivity index (χ1) is 11.5. The molecule has 0 N–H and O–H groups in total. The molecule has 0 saturated carbocycles. The number of hydrogen-bond acceptors (Lipinski definition) is 5. The predicted octanol–water partition coefficient (Wildman–Crippen LogP) is 2.48. The zero-order valence-corrected chi connectivity index (χ0v) is 14.8. The number of hydrogen-bond donors (Lipinski definition) is 0. The van der Waals surface area contributed by atoms with Gasteiger partial charge in [-0.15, -0.1) is 0 Å². The van der Waals surface area contributed by atoms with Crippen molar-refractivity contribution in [2.24, 2.45) is 0 Å². The van der Waals surface area contributed by atoms with Crippen LogP contribution in [0.3, 0.4) is 0 Å². The van der Waals surface area contributed by atoms with Crippen molar-refractivity contribution in [2.75, 3.05) is 39.6 Å².